The fourth-order valence-corrected chi connectivity index (χ4v) is 2.58. The first-order valence-corrected chi connectivity index (χ1v) is 8.66. The summed E-state index contributed by atoms with van der Waals surface area (Å²) in [6, 6.07) is 7.22. The van der Waals surface area contributed by atoms with Gasteiger partial charge in [0.1, 0.15) is 5.60 Å². The van der Waals surface area contributed by atoms with Gasteiger partial charge in [-0.1, -0.05) is 11.8 Å². The van der Waals surface area contributed by atoms with Crippen molar-refractivity contribution in [3.8, 4) is 11.8 Å². The average Bonchev–Trinajstić information content (AvgIpc) is 2.57. The number of hydrogen-bond acceptors (Lipinski definition) is 4. The molecule has 1 amide bonds. The molecule has 1 heterocycles. The fraction of sp³-hybridized carbons (Fsp3) is 0.550. The number of ether oxygens (including phenoxy) is 1. The Kier molecular flexibility index (Phi) is 6.60. The molecule has 1 aliphatic rings. The van der Waals surface area contributed by atoms with Gasteiger partial charge in [0.25, 0.3) is 5.91 Å². The van der Waals surface area contributed by atoms with Crippen LogP contribution in [-0.2, 0) is 4.74 Å². The fourth-order valence-electron chi connectivity index (χ4n) is 2.58. The lowest BCUT2D eigenvalue weighted by molar-refractivity contribution is -0.0269. The van der Waals surface area contributed by atoms with Gasteiger partial charge >= 0.3 is 0 Å². The van der Waals surface area contributed by atoms with Gasteiger partial charge in [0.2, 0.25) is 0 Å². The molecule has 1 N–H and O–H groups in total. The third-order valence-corrected chi connectivity index (χ3v) is 3.97. The SMILES string of the molecule is CN(C)CC[C@H]1CN(C(=O)c2ccc(C#CC(C)(C)O)cc2)CCO1. The summed E-state index contributed by atoms with van der Waals surface area (Å²) in [5.41, 5.74) is 0.413. The minimum atomic E-state index is -1.02. The lowest BCUT2D eigenvalue weighted by atomic mass is 10.1. The predicted octanol–water partition coefficient (Wildman–Crippen LogP) is 1.60. The molecule has 0 aliphatic carbocycles. The molecule has 2 rings (SSSR count). The van der Waals surface area contributed by atoms with Gasteiger partial charge in [-0.05, 0) is 58.6 Å². The third-order valence-electron chi connectivity index (χ3n) is 3.97. The van der Waals surface area contributed by atoms with E-state index in [0.717, 1.165) is 18.5 Å². The number of amides is 1. The number of rotatable bonds is 4. The number of nitrogens with zero attached hydrogens (tertiary/aromatic N) is 2. The van der Waals surface area contributed by atoms with E-state index in [2.05, 4.69) is 16.7 Å². The van der Waals surface area contributed by atoms with Crippen molar-refractivity contribution in [2.75, 3.05) is 40.3 Å². The summed E-state index contributed by atoms with van der Waals surface area (Å²) in [5.74, 6) is 5.71. The normalized spacial score (nSPS) is 18.0. The molecule has 1 fully saturated rings. The van der Waals surface area contributed by atoms with E-state index >= 15 is 0 Å². The van der Waals surface area contributed by atoms with Crippen molar-refractivity contribution >= 4 is 5.91 Å². The number of hydrogen-bond donors (Lipinski definition) is 1. The van der Waals surface area contributed by atoms with Crippen molar-refractivity contribution in [3.63, 3.8) is 0 Å². The van der Waals surface area contributed by atoms with Crippen LogP contribution in [0, 0.1) is 11.8 Å². The Morgan fingerprint density at radius 2 is 2.04 bits per heavy atom. The highest BCUT2D eigenvalue weighted by molar-refractivity contribution is 5.94. The van der Waals surface area contributed by atoms with Crippen LogP contribution in [0.3, 0.4) is 0 Å². The van der Waals surface area contributed by atoms with Crippen molar-refractivity contribution in [1.29, 1.82) is 0 Å². The minimum absolute atomic E-state index is 0.0279. The van der Waals surface area contributed by atoms with Crippen LogP contribution in [-0.4, -0.2) is 72.9 Å². The lowest BCUT2D eigenvalue weighted by Crippen LogP contribution is -2.46. The number of morpholine rings is 1. The van der Waals surface area contributed by atoms with Crippen LogP contribution < -0.4 is 0 Å². The average molecular weight is 344 g/mol. The number of carbonyl (C=O) groups excluding carboxylic acids is 1. The Morgan fingerprint density at radius 1 is 1.36 bits per heavy atom. The first-order chi connectivity index (χ1) is 11.7. The first-order valence-electron chi connectivity index (χ1n) is 8.66. The largest absolute Gasteiger partial charge is 0.378 e. The van der Waals surface area contributed by atoms with E-state index in [0.29, 0.717) is 25.3 Å². The second kappa shape index (κ2) is 8.48. The van der Waals surface area contributed by atoms with E-state index in [9.17, 15) is 9.90 Å². The van der Waals surface area contributed by atoms with Gasteiger partial charge < -0.3 is 19.6 Å². The first kappa shape index (κ1) is 19.5. The molecule has 25 heavy (non-hydrogen) atoms. The molecule has 0 saturated carbocycles. The van der Waals surface area contributed by atoms with Gasteiger partial charge in [0, 0.05) is 30.8 Å². The number of carbonyl (C=O) groups is 1. The van der Waals surface area contributed by atoms with E-state index in [1.807, 2.05) is 31.1 Å². The minimum Gasteiger partial charge on any atom is -0.378 e. The van der Waals surface area contributed by atoms with Crippen LogP contribution in [0.25, 0.3) is 0 Å². The summed E-state index contributed by atoms with van der Waals surface area (Å²) in [6.45, 7) is 6.07. The third kappa shape index (κ3) is 6.50. The van der Waals surface area contributed by atoms with Crippen molar-refractivity contribution < 1.29 is 14.6 Å². The van der Waals surface area contributed by atoms with Crippen LogP contribution in [0.1, 0.15) is 36.2 Å². The van der Waals surface area contributed by atoms with Gasteiger partial charge in [-0.15, -0.1) is 0 Å². The maximum absolute atomic E-state index is 12.7. The molecule has 0 bridgehead atoms. The maximum Gasteiger partial charge on any atom is 0.254 e. The van der Waals surface area contributed by atoms with Crippen molar-refractivity contribution in [2.45, 2.75) is 32.0 Å². The molecular weight excluding hydrogens is 316 g/mol. The van der Waals surface area contributed by atoms with Crippen LogP contribution in [0.15, 0.2) is 24.3 Å². The highest BCUT2D eigenvalue weighted by atomic mass is 16.5. The summed E-state index contributed by atoms with van der Waals surface area (Å²) >= 11 is 0. The topological polar surface area (TPSA) is 53.0 Å². The monoisotopic (exact) mass is 344 g/mol. The molecule has 0 radical (unpaired) electrons. The quantitative estimate of drug-likeness (QED) is 0.843. The van der Waals surface area contributed by atoms with E-state index in [-0.39, 0.29) is 12.0 Å². The van der Waals surface area contributed by atoms with Crippen molar-refractivity contribution in [2.24, 2.45) is 0 Å². The maximum atomic E-state index is 12.7. The summed E-state index contributed by atoms with van der Waals surface area (Å²) in [7, 11) is 4.07. The zero-order valence-electron chi connectivity index (χ0n) is 15.6. The Morgan fingerprint density at radius 3 is 2.64 bits per heavy atom. The Labute approximate surface area is 150 Å². The standard InChI is InChI=1S/C20H28N2O3/c1-20(2,24)11-9-16-5-7-17(8-6-16)19(23)22-13-14-25-18(15-22)10-12-21(3)4/h5-8,18,24H,10,12-15H2,1-4H3/t18-/m0/s1. The molecule has 1 atom stereocenters. The molecule has 0 spiro atoms. The van der Waals surface area contributed by atoms with Crippen molar-refractivity contribution in [3.05, 3.63) is 35.4 Å². The highest BCUT2D eigenvalue weighted by Gasteiger charge is 2.24. The number of aliphatic hydroxyl groups is 1. The second-order valence-electron chi connectivity index (χ2n) is 7.22. The summed E-state index contributed by atoms with van der Waals surface area (Å²) in [4.78, 5) is 16.7. The lowest BCUT2D eigenvalue weighted by Gasteiger charge is -2.33. The van der Waals surface area contributed by atoms with Gasteiger partial charge in [-0.3, -0.25) is 4.79 Å². The van der Waals surface area contributed by atoms with E-state index < -0.39 is 5.60 Å². The zero-order chi connectivity index (χ0) is 18.4. The Bertz CT molecular complexity index is 636. The second-order valence-corrected chi connectivity index (χ2v) is 7.22. The predicted molar refractivity (Wildman–Crippen MR) is 98.4 cm³/mol. The van der Waals surface area contributed by atoms with Crippen molar-refractivity contribution in [1.82, 2.24) is 9.80 Å². The van der Waals surface area contributed by atoms with Crippen LogP contribution >= 0.6 is 0 Å². The Hall–Kier alpha value is -1.87. The van der Waals surface area contributed by atoms with E-state index in [1.165, 1.54) is 0 Å². The molecule has 1 aromatic rings. The smallest absolute Gasteiger partial charge is 0.254 e. The molecule has 0 aromatic heterocycles. The van der Waals surface area contributed by atoms with Gasteiger partial charge in [-0.2, -0.15) is 0 Å². The van der Waals surface area contributed by atoms with Gasteiger partial charge in [0.05, 0.1) is 12.7 Å². The molecule has 0 unspecified atom stereocenters. The van der Waals surface area contributed by atoms with Crippen LogP contribution in [0.2, 0.25) is 0 Å². The molecule has 1 saturated heterocycles. The van der Waals surface area contributed by atoms with E-state index in [1.54, 1.807) is 26.0 Å². The zero-order valence-corrected chi connectivity index (χ0v) is 15.6. The van der Waals surface area contributed by atoms with Gasteiger partial charge in [0.15, 0.2) is 0 Å². The Balaban J connectivity index is 1.98. The number of benzene rings is 1. The van der Waals surface area contributed by atoms with Gasteiger partial charge in [-0.25, -0.2) is 0 Å². The van der Waals surface area contributed by atoms with Crippen LogP contribution in [0.4, 0.5) is 0 Å². The van der Waals surface area contributed by atoms with E-state index in [4.69, 9.17) is 4.74 Å². The molecule has 5 nitrogen and oxygen atoms in total. The highest BCUT2D eigenvalue weighted by Crippen LogP contribution is 2.14. The molecule has 1 aliphatic heterocycles. The molecule has 1 aromatic carbocycles. The van der Waals surface area contributed by atoms with Crippen LogP contribution in [0.5, 0.6) is 0 Å². The molecule has 136 valence electrons. The summed E-state index contributed by atoms with van der Waals surface area (Å²) < 4.78 is 5.77. The molecular formula is C20H28N2O3. The molecule has 5 heteroatoms. The summed E-state index contributed by atoms with van der Waals surface area (Å²) in [6.07, 6.45) is 1.01. The summed E-state index contributed by atoms with van der Waals surface area (Å²) in [5, 5.41) is 9.65.